The predicted molar refractivity (Wildman–Crippen MR) is 65.3 cm³/mol. The smallest absolute Gasteiger partial charge is 0.307 e. The van der Waals surface area contributed by atoms with Crippen LogP contribution >= 0.6 is 0 Å². The number of aliphatic carboxylic acids is 1. The highest BCUT2D eigenvalue weighted by molar-refractivity contribution is 5.72. The van der Waals surface area contributed by atoms with Gasteiger partial charge in [0, 0.05) is 0 Å². The molecule has 1 saturated carbocycles. The van der Waals surface area contributed by atoms with Gasteiger partial charge in [-0.2, -0.15) is 0 Å². The van der Waals surface area contributed by atoms with Gasteiger partial charge in [0.05, 0.1) is 12.0 Å². The number of rotatable bonds is 4. The molecule has 0 amide bonds. The number of hydrogen-bond donors (Lipinski definition) is 1. The Hall–Kier alpha value is -1.51. The van der Waals surface area contributed by atoms with Gasteiger partial charge in [-0.15, -0.1) is 0 Å². The Bertz CT molecular complexity index is 412. The standard InChI is InChI=1S/C14H18O3/c1-9(2)17-11-5-3-4-10(8-11)12-6-7-13(12)14(15)16/h3-5,8-9,12-13H,6-7H2,1-2H3,(H,15,16). The van der Waals surface area contributed by atoms with Gasteiger partial charge >= 0.3 is 5.97 Å². The Morgan fingerprint density at radius 2 is 2.18 bits per heavy atom. The fraction of sp³-hybridized carbons (Fsp3) is 0.500. The Morgan fingerprint density at radius 1 is 1.41 bits per heavy atom. The van der Waals surface area contributed by atoms with Gasteiger partial charge in [-0.1, -0.05) is 12.1 Å². The van der Waals surface area contributed by atoms with Crippen molar-refractivity contribution in [2.45, 2.75) is 38.7 Å². The minimum atomic E-state index is -0.684. The van der Waals surface area contributed by atoms with E-state index in [1.807, 2.05) is 38.1 Å². The second-order valence-corrected chi connectivity index (χ2v) is 4.87. The average Bonchev–Trinajstić information content (AvgIpc) is 2.13. The van der Waals surface area contributed by atoms with Crippen molar-refractivity contribution >= 4 is 5.97 Å². The monoisotopic (exact) mass is 234 g/mol. The zero-order valence-electron chi connectivity index (χ0n) is 10.2. The van der Waals surface area contributed by atoms with Crippen LogP contribution in [0.3, 0.4) is 0 Å². The van der Waals surface area contributed by atoms with E-state index in [9.17, 15) is 4.79 Å². The lowest BCUT2D eigenvalue weighted by Gasteiger charge is -2.33. The molecule has 0 heterocycles. The molecule has 0 aromatic heterocycles. The molecule has 17 heavy (non-hydrogen) atoms. The highest BCUT2D eigenvalue weighted by Crippen LogP contribution is 2.43. The van der Waals surface area contributed by atoms with E-state index < -0.39 is 5.97 Å². The molecule has 0 spiro atoms. The fourth-order valence-corrected chi connectivity index (χ4v) is 2.29. The van der Waals surface area contributed by atoms with Crippen LogP contribution in [0.2, 0.25) is 0 Å². The van der Waals surface area contributed by atoms with E-state index in [0.29, 0.717) is 0 Å². The molecular weight excluding hydrogens is 216 g/mol. The third kappa shape index (κ3) is 2.60. The summed E-state index contributed by atoms with van der Waals surface area (Å²) in [4.78, 5) is 11.0. The van der Waals surface area contributed by atoms with Crippen LogP contribution in [-0.2, 0) is 4.79 Å². The predicted octanol–water partition coefficient (Wildman–Crippen LogP) is 3.05. The van der Waals surface area contributed by atoms with Gasteiger partial charge in [0.1, 0.15) is 5.75 Å². The number of carboxylic acids is 1. The highest BCUT2D eigenvalue weighted by Gasteiger charge is 2.37. The molecule has 3 nitrogen and oxygen atoms in total. The lowest BCUT2D eigenvalue weighted by atomic mass is 9.70. The summed E-state index contributed by atoms with van der Waals surface area (Å²) >= 11 is 0. The first-order chi connectivity index (χ1) is 8.08. The second kappa shape index (κ2) is 4.78. The zero-order chi connectivity index (χ0) is 12.4. The number of benzene rings is 1. The third-order valence-electron chi connectivity index (χ3n) is 3.25. The minimum absolute atomic E-state index is 0.141. The summed E-state index contributed by atoms with van der Waals surface area (Å²) in [5, 5.41) is 9.05. The summed E-state index contributed by atoms with van der Waals surface area (Å²) in [6.07, 6.45) is 1.89. The first kappa shape index (κ1) is 12.0. The Labute approximate surface area is 101 Å². The number of carboxylic acid groups (broad SMARTS) is 1. The van der Waals surface area contributed by atoms with Crippen molar-refractivity contribution in [3.8, 4) is 5.75 Å². The summed E-state index contributed by atoms with van der Waals surface area (Å²) in [6.45, 7) is 3.96. The molecule has 0 radical (unpaired) electrons. The van der Waals surface area contributed by atoms with Gasteiger partial charge in [-0.3, -0.25) is 4.79 Å². The van der Waals surface area contributed by atoms with E-state index in [0.717, 1.165) is 24.2 Å². The fourth-order valence-electron chi connectivity index (χ4n) is 2.29. The van der Waals surface area contributed by atoms with E-state index in [2.05, 4.69) is 0 Å². The van der Waals surface area contributed by atoms with Gasteiger partial charge in [-0.05, 0) is 50.3 Å². The normalized spacial score (nSPS) is 23.2. The zero-order valence-corrected chi connectivity index (χ0v) is 10.2. The number of ether oxygens (including phenoxy) is 1. The lowest BCUT2D eigenvalue weighted by Crippen LogP contribution is -2.30. The third-order valence-corrected chi connectivity index (χ3v) is 3.25. The van der Waals surface area contributed by atoms with Crippen LogP contribution in [-0.4, -0.2) is 17.2 Å². The van der Waals surface area contributed by atoms with E-state index >= 15 is 0 Å². The van der Waals surface area contributed by atoms with Crippen molar-refractivity contribution in [2.75, 3.05) is 0 Å². The first-order valence-electron chi connectivity index (χ1n) is 6.07. The molecule has 2 unspecified atom stereocenters. The molecule has 1 aromatic rings. The van der Waals surface area contributed by atoms with Crippen LogP contribution in [0.4, 0.5) is 0 Å². The Kier molecular flexibility index (Phi) is 3.36. The second-order valence-electron chi connectivity index (χ2n) is 4.87. The summed E-state index contributed by atoms with van der Waals surface area (Å²) in [6, 6.07) is 7.81. The Morgan fingerprint density at radius 3 is 2.71 bits per heavy atom. The summed E-state index contributed by atoms with van der Waals surface area (Å²) in [5.74, 6) is 0.0810. The Balaban J connectivity index is 2.13. The molecule has 3 heteroatoms. The molecule has 0 bridgehead atoms. The van der Waals surface area contributed by atoms with Gasteiger partial charge in [-0.25, -0.2) is 0 Å². The summed E-state index contributed by atoms with van der Waals surface area (Å²) < 4.78 is 5.62. The molecule has 1 fully saturated rings. The number of carbonyl (C=O) groups is 1. The van der Waals surface area contributed by atoms with E-state index in [4.69, 9.17) is 9.84 Å². The molecule has 2 atom stereocenters. The van der Waals surface area contributed by atoms with Gasteiger partial charge in [0.2, 0.25) is 0 Å². The van der Waals surface area contributed by atoms with Crippen molar-refractivity contribution < 1.29 is 14.6 Å². The highest BCUT2D eigenvalue weighted by atomic mass is 16.5. The number of hydrogen-bond acceptors (Lipinski definition) is 2. The van der Waals surface area contributed by atoms with Crippen molar-refractivity contribution in [3.05, 3.63) is 29.8 Å². The van der Waals surface area contributed by atoms with Gasteiger partial charge in [0.25, 0.3) is 0 Å². The van der Waals surface area contributed by atoms with Crippen LogP contribution in [0.15, 0.2) is 24.3 Å². The van der Waals surface area contributed by atoms with Crippen LogP contribution in [0, 0.1) is 5.92 Å². The molecule has 1 aliphatic rings. The van der Waals surface area contributed by atoms with Crippen LogP contribution in [0.1, 0.15) is 38.2 Å². The minimum Gasteiger partial charge on any atom is -0.491 e. The lowest BCUT2D eigenvalue weighted by molar-refractivity contribution is -0.145. The SMILES string of the molecule is CC(C)Oc1cccc(C2CCC2C(=O)O)c1. The molecule has 1 aliphatic carbocycles. The maximum atomic E-state index is 11.0. The van der Waals surface area contributed by atoms with E-state index in [1.54, 1.807) is 0 Å². The van der Waals surface area contributed by atoms with Crippen molar-refractivity contribution in [2.24, 2.45) is 5.92 Å². The molecule has 0 aliphatic heterocycles. The largest absolute Gasteiger partial charge is 0.491 e. The molecule has 2 rings (SSSR count). The quantitative estimate of drug-likeness (QED) is 0.871. The first-order valence-corrected chi connectivity index (χ1v) is 6.07. The van der Waals surface area contributed by atoms with E-state index in [1.165, 1.54) is 0 Å². The molecule has 92 valence electrons. The molecule has 1 N–H and O–H groups in total. The van der Waals surface area contributed by atoms with Crippen LogP contribution in [0.5, 0.6) is 5.75 Å². The summed E-state index contributed by atoms with van der Waals surface area (Å²) in [7, 11) is 0. The van der Waals surface area contributed by atoms with Crippen molar-refractivity contribution in [1.29, 1.82) is 0 Å². The van der Waals surface area contributed by atoms with Crippen LogP contribution in [0.25, 0.3) is 0 Å². The van der Waals surface area contributed by atoms with Gasteiger partial charge < -0.3 is 9.84 Å². The van der Waals surface area contributed by atoms with Crippen molar-refractivity contribution in [3.63, 3.8) is 0 Å². The summed E-state index contributed by atoms with van der Waals surface area (Å²) in [5.41, 5.74) is 1.09. The van der Waals surface area contributed by atoms with Crippen molar-refractivity contribution in [1.82, 2.24) is 0 Å². The average molecular weight is 234 g/mol. The van der Waals surface area contributed by atoms with E-state index in [-0.39, 0.29) is 17.9 Å². The van der Waals surface area contributed by atoms with Crippen LogP contribution < -0.4 is 4.74 Å². The molecular formula is C14H18O3. The topological polar surface area (TPSA) is 46.5 Å². The molecule has 1 aromatic carbocycles. The maximum absolute atomic E-state index is 11.0. The van der Waals surface area contributed by atoms with Gasteiger partial charge in [0.15, 0.2) is 0 Å². The maximum Gasteiger partial charge on any atom is 0.307 e. The molecule has 0 saturated heterocycles.